The summed E-state index contributed by atoms with van der Waals surface area (Å²) in [6.07, 6.45) is 6.17. The molecule has 168 valence electrons. The van der Waals surface area contributed by atoms with Crippen LogP contribution in [-0.2, 0) is 14.4 Å². The Bertz CT molecular complexity index is 905. The van der Waals surface area contributed by atoms with Gasteiger partial charge < -0.3 is 8.23 Å². The third-order valence-corrected chi connectivity index (χ3v) is 15.9. The molecule has 0 bridgehead atoms. The minimum atomic E-state index is -2.65. The van der Waals surface area contributed by atoms with Crippen molar-refractivity contribution < 1.29 is 13.2 Å². The molecule has 11 heteroatoms. The molecule has 0 saturated carbocycles. The Kier molecular flexibility index (Phi) is 8.05. The van der Waals surface area contributed by atoms with E-state index in [1.165, 1.54) is 12.1 Å². The molecule has 0 aliphatic carbocycles. The van der Waals surface area contributed by atoms with Crippen LogP contribution >= 0.6 is 0 Å². The van der Waals surface area contributed by atoms with Gasteiger partial charge in [-0.15, -0.1) is 18.3 Å². The molecule has 1 aromatic heterocycles. The summed E-state index contributed by atoms with van der Waals surface area (Å²) >= 11 is 0. The minimum Gasteiger partial charge on any atom is -0.435 e. The Morgan fingerprint density at radius 3 is 2.00 bits per heavy atom. The van der Waals surface area contributed by atoms with E-state index in [-0.39, 0.29) is 5.69 Å². The van der Waals surface area contributed by atoms with E-state index >= 15 is 0 Å². The lowest BCUT2D eigenvalue weighted by Gasteiger charge is -2.40. The molecule has 0 spiro atoms. The Balaban J connectivity index is 2.28. The smallest absolute Gasteiger partial charge is 0.336 e. The summed E-state index contributed by atoms with van der Waals surface area (Å²) in [7, 11) is -6.65. The molecule has 31 heavy (non-hydrogen) atoms. The van der Waals surface area contributed by atoms with Crippen LogP contribution < -0.4 is 0 Å². The van der Waals surface area contributed by atoms with Gasteiger partial charge in [0.2, 0.25) is 0 Å². The zero-order valence-corrected chi connectivity index (χ0v) is 22.0. The maximum Gasteiger partial charge on any atom is 0.336 e. The first-order chi connectivity index (χ1) is 14.4. The second-order valence-electron chi connectivity index (χ2n) is 8.95. The number of hydrogen-bond acceptors (Lipinski definition) is 6. The molecule has 0 saturated heterocycles. The fourth-order valence-electron chi connectivity index (χ4n) is 3.59. The van der Waals surface area contributed by atoms with Crippen molar-refractivity contribution in [1.82, 2.24) is 15.0 Å². The van der Waals surface area contributed by atoms with Crippen LogP contribution in [0.25, 0.3) is 11.3 Å². The molecule has 0 aliphatic heterocycles. The molecular weight excluding hydrogens is 445 g/mol. The van der Waals surface area contributed by atoms with Crippen LogP contribution in [0.15, 0.2) is 55.8 Å². The van der Waals surface area contributed by atoms with Crippen molar-refractivity contribution in [3.05, 3.63) is 65.9 Å². The van der Waals surface area contributed by atoms with Crippen LogP contribution in [0.3, 0.4) is 0 Å². The number of benzene rings is 1. The maximum absolute atomic E-state index is 10.9. The topological polar surface area (TPSA) is 92.3 Å². The second-order valence-corrected chi connectivity index (χ2v) is 21.0. The monoisotopic (exact) mass is 476 g/mol. The summed E-state index contributed by atoms with van der Waals surface area (Å²) in [6.45, 7) is 18.5. The molecule has 2 rings (SSSR count). The van der Waals surface area contributed by atoms with Crippen LogP contribution in [0.5, 0.6) is 0 Å². The molecule has 0 aliphatic rings. The highest BCUT2D eigenvalue weighted by molar-refractivity contribution is 6.88. The molecule has 0 radical (unpaired) electrons. The molecule has 1 heterocycles. The lowest BCUT2D eigenvalue weighted by molar-refractivity contribution is -0.384. The van der Waals surface area contributed by atoms with Crippen molar-refractivity contribution in [2.75, 3.05) is 0 Å². The zero-order valence-electron chi connectivity index (χ0n) is 19.0. The first-order valence-corrected chi connectivity index (χ1v) is 18.9. The molecule has 0 unspecified atom stereocenters. The van der Waals surface area contributed by atoms with Crippen LogP contribution in [-0.4, -0.2) is 45.1 Å². The largest absolute Gasteiger partial charge is 0.435 e. The van der Waals surface area contributed by atoms with Gasteiger partial charge in [-0.2, -0.15) is 0 Å². The highest BCUT2D eigenvalue weighted by atomic mass is 28.5. The third kappa shape index (κ3) is 7.47. The molecule has 2 aromatic rings. The third-order valence-electron chi connectivity index (χ3n) is 4.62. The van der Waals surface area contributed by atoms with Gasteiger partial charge in [0.15, 0.2) is 16.6 Å². The van der Waals surface area contributed by atoms with Crippen LogP contribution in [0.1, 0.15) is 0 Å². The van der Waals surface area contributed by atoms with Crippen LogP contribution in [0.4, 0.5) is 5.69 Å². The van der Waals surface area contributed by atoms with E-state index in [0.29, 0.717) is 11.9 Å². The zero-order chi connectivity index (χ0) is 23.3. The highest BCUT2D eigenvalue weighted by Crippen LogP contribution is 2.27. The number of allylic oxidation sites excluding steroid dienone is 2. The van der Waals surface area contributed by atoms with Crippen molar-refractivity contribution >= 4 is 30.9 Å². The summed E-state index contributed by atoms with van der Waals surface area (Å²) < 4.78 is 15.2. The van der Waals surface area contributed by atoms with Gasteiger partial charge in [0.25, 0.3) is 5.69 Å². The summed E-state index contributed by atoms with van der Waals surface area (Å²) in [5.74, 6) is 0. The van der Waals surface area contributed by atoms with Gasteiger partial charge in [-0.25, -0.2) is 4.68 Å². The molecule has 8 nitrogen and oxygen atoms in total. The number of non-ortho nitro benzene ring substituents is 1. The van der Waals surface area contributed by atoms with Gasteiger partial charge in [0.1, 0.15) is 5.69 Å². The molecule has 0 fully saturated rings. The average Bonchev–Trinajstić information content (AvgIpc) is 3.08. The van der Waals surface area contributed by atoms with Crippen molar-refractivity contribution in [3.8, 4) is 11.3 Å². The molecule has 0 atom stereocenters. The standard InChI is InChI=1S/C20H32N4O4Si3/c1-8-14-29(3,4)27-31(7,28-30(5,6)15-9-2)17-23-16-20(21-22-23)18-10-12-19(13-11-18)24(25)26/h8-13,16H,1-2,14-15,17H2,3-7H3. The first kappa shape index (κ1) is 25.1. The van der Waals surface area contributed by atoms with Gasteiger partial charge >= 0.3 is 8.56 Å². The highest BCUT2D eigenvalue weighted by Gasteiger charge is 2.43. The van der Waals surface area contributed by atoms with Gasteiger partial charge in [0.05, 0.1) is 17.3 Å². The number of nitro groups is 1. The minimum absolute atomic E-state index is 0.0433. The normalized spacial score (nSPS) is 12.5. The fourth-order valence-corrected chi connectivity index (χ4v) is 16.8. The van der Waals surface area contributed by atoms with E-state index in [1.54, 1.807) is 16.8 Å². The number of nitrogens with zero attached hydrogens (tertiary/aromatic N) is 4. The van der Waals surface area contributed by atoms with Crippen LogP contribution in [0.2, 0.25) is 44.8 Å². The van der Waals surface area contributed by atoms with E-state index in [1.807, 2.05) is 18.3 Å². The Hall–Kier alpha value is -2.19. The number of nitro benzene ring substituents is 1. The molecule has 1 aromatic carbocycles. The first-order valence-electron chi connectivity index (χ1n) is 10.2. The summed E-state index contributed by atoms with van der Waals surface area (Å²) in [5.41, 5.74) is 1.46. The fraction of sp³-hybridized carbons (Fsp3) is 0.400. The average molecular weight is 477 g/mol. The predicted octanol–water partition coefficient (Wildman–Crippen LogP) is 5.28. The van der Waals surface area contributed by atoms with Gasteiger partial charge in [-0.05, 0) is 57.0 Å². The summed E-state index contributed by atoms with van der Waals surface area (Å²) in [5, 5.41) is 19.4. The number of rotatable bonds is 12. The van der Waals surface area contributed by atoms with Gasteiger partial charge in [0, 0.05) is 17.7 Å². The van der Waals surface area contributed by atoms with Crippen molar-refractivity contribution in [2.45, 2.75) is 51.0 Å². The molecular formula is C20H32N4O4Si3. The van der Waals surface area contributed by atoms with Crippen molar-refractivity contribution in [3.63, 3.8) is 0 Å². The quantitative estimate of drug-likeness (QED) is 0.179. The lowest BCUT2D eigenvalue weighted by atomic mass is 10.1. The maximum atomic E-state index is 10.9. The number of hydrogen-bond donors (Lipinski definition) is 0. The van der Waals surface area contributed by atoms with Gasteiger partial charge in [-0.1, -0.05) is 17.4 Å². The predicted molar refractivity (Wildman–Crippen MR) is 131 cm³/mol. The Morgan fingerprint density at radius 1 is 1.03 bits per heavy atom. The van der Waals surface area contributed by atoms with E-state index in [2.05, 4.69) is 56.2 Å². The SMILES string of the molecule is C=CC[Si](C)(C)O[Si](C)(Cn1cc(-c2ccc([N+](=O)[O-])cc2)nn1)O[Si](C)(C)CC=C. The summed E-state index contributed by atoms with van der Waals surface area (Å²) in [4.78, 5) is 10.5. The van der Waals surface area contributed by atoms with E-state index < -0.39 is 30.1 Å². The van der Waals surface area contributed by atoms with Crippen molar-refractivity contribution in [1.29, 1.82) is 0 Å². The second kappa shape index (κ2) is 9.96. The van der Waals surface area contributed by atoms with Crippen molar-refractivity contribution in [2.24, 2.45) is 0 Å². The van der Waals surface area contributed by atoms with E-state index in [0.717, 1.165) is 17.7 Å². The van der Waals surface area contributed by atoms with E-state index in [9.17, 15) is 10.1 Å². The molecule has 0 amide bonds. The van der Waals surface area contributed by atoms with Gasteiger partial charge in [-0.3, -0.25) is 10.1 Å². The summed E-state index contributed by atoms with van der Waals surface area (Å²) in [6, 6.07) is 7.97. The van der Waals surface area contributed by atoms with E-state index in [4.69, 9.17) is 8.23 Å². The van der Waals surface area contributed by atoms with Crippen LogP contribution in [0, 0.1) is 10.1 Å². The Labute approximate surface area is 187 Å². The Morgan fingerprint density at radius 2 is 1.55 bits per heavy atom. The number of aromatic nitrogens is 3. The molecule has 0 N–H and O–H groups in total. The lowest BCUT2D eigenvalue weighted by Crippen LogP contribution is -2.56.